The van der Waals surface area contributed by atoms with E-state index in [0.717, 1.165) is 0 Å². The third kappa shape index (κ3) is 3.99. The SMILES string of the molecule is CC(C)(C)C(CC(=O)O)NC(=O)c1sccc1Cl. The van der Waals surface area contributed by atoms with E-state index in [1.165, 1.54) is 11.3 Å². The highest BCUT2D eigenvalue weighted by Gasteiger charge is 2.29. The van der Waals surface area contributed by atoms with Crippen molar-refractivity contribution >= 4 is 34.8 Å². The molecule has 1 rings (SSSR count). The molecule has 1 unspecified atom stereocenters. The van der Waals surface area contributed by atoms with Crippen molar-refractivity contribution in [3.05, 3.63) is 21.3 Å². The van der Waals surface area contributed by atoms with Crippen molar-refractivity contribution in [1.29, 1.82) is 0 Å². The molecular weight excluding hydrogens is 274 g/mol. The van der Waals surface area contributed by atoms with Gasteiger partial charge in [0.1, 0.15) is 4.88 Å². The van der Waals surface area contributed by atoms with Gasteiger partial charge in [-0.3, -0.25) is 9.59 Å². The van der Waals surface area contributed by atoms with Crippen molar-refractivity contribution in [3.8, 4) is 0 Å². The van der Waals surface area contributed by atoms with Crippen molar-refractivity contribution < 1.29 is 14.7 Å². The van der Waals surface area contributed by atoms with Gasteiger partial charge in [0.15, 0.2) is 0 Å². The molecule has 1 amide bonds. The van der Waals surface area contributed by atoms with Gasteiger partial charge in [-0.25, -0.2) is 0 Å². The van der Waals surface area contributed by atoms with Gasteiger partial charge in [0.2, 0.25) is 0 Å². The van der Waals surface area contributed by atoms with Gasteiger partial charge in [0.05, 0.1) is 11.4 Å². The number of thiophene rings is 1. The smallest absolute Gasteiger partial charge is 0.305 e. The van der Waals surface area contributed by atoms with Gasteiger partial charge in [-0.05, 0) is 16.9 Å². The zero-order valence-corrected chi connectivity index (χ0v) is 12.1. The van der Waals surface area contributed by atoms with Crippen molar-refractivity contribution in [3.63, 3.8) is 0 Å². The summed E-state index contributed by atoms with van der Waals surface area (Å²) >= 11 is 7.11. The summed E-state index contributed by atoms with van der Waals surface area (Å²) in [7, 11) is 0. The number of carboxylic acid groups (broad SMARTS) is 1. The number of amides is 1. The Hall–Kier alpha value is -1.07. The van der Waals surface area contributed by atoms with Crippen LogP contribution in [-0.2, 0) is 4.79 Å². The lowest BCUT2D eigenvalue weighted by molar-refractivity contribution is -0.138. The maximum atomic E-state index is 12.0. The predicted molar refractivity (Wildman–Crippen MR) is 72.3 cm³/mol. The molecule has 1 aromatic heterocycles. The van der Waals surface area contributed by atoms with E-state index < -0.39 is 12.0 Å². The largest absolute Gasteiger partial charge is 0.481 e. The van der Waals surface area contributed by atoms with Crippen LogP contribution in [0.3, 0.4) is 0 Å². The van der Waals surface area contributed by atoms with E-state index in [9.17, 15) is 9.59 Å². The molecule has 0 saturated heterocycles. The Morgan fingerprint density at radius 1 is 1.50 bits per heavy atom. The molecule has 1 heterocycles. The van der Waals surface area contributed by atoms with Crippen molar-refractivity contribution in [2.24, 2.45) is 5.41 Å². The molecule has 6 heteroatoms. The number of carbonyl (C=O) groups excluding carboxylic acids is 1. The number of aliphatic carboxylic acids is 1. The summed E-state index contributed by atoms with van der Waals surface area (Å²) in [5, 5.41) is 13.7. The first-order valence-electron chi connectivity index (χ1n) is 5.47. The molecule has 0 saturated carbocycles. The van der Waals surface area contributed by atoms with Crippen LogP contribution in [-0.4, -0.2) is 23.0 Å². The molecule has 1 aromatic rings. The molecule has 0 fully saturated rings. The zero-order valence-electron chi connectivity index (χ0n) is 10.5. The van der Waals surface area contributed by atoms with Crippen LogP contribution in [0.25, 0.3) is 0 Å². The summed E-state index contributed by atoms with van der Waals surface area (Å²) in [5.41, 5.74) is -0.336. The Morgan fingerprint density at radius 3 is 2.50 bits per heavy atom. The third-order valence-corrected chi connectivity index (χ3v) is 3.89. The fraction of sp³-hybridized carbons (Fsp3) is 0.500. The summed E-state index contributed by atoms with van der Waals surface area (Å²) in [6.07, 6.45) is -0.113. The van der Waals surface area contributed by atoms with Crippen molar-refractivity contribution in [2.45, 2.75) is 33.2 Å². The Bertz CT molecular complexity index is 450. The fourth-order valence-corrected chi connectivity index (χ4v) is 2.47. The molecule has 100 valence electrons. The van der Waals surface area contributed by atoms with E-state index in [0.29, 0.717) is 9.90 Å². The quantitative estimate of drug-likeness (QED) is 0.895. The lowest BCUT2D eigenvalue weighted by atomic mass is 9.84. The monoisotopic (exact) mass is 289 g/mol. The Morgan fingerprint density at radius 2 is 2.11 bits per heavy atom. The van der Waals surface area contributed by atoms with Crippen LogP contribution in [0.15, 0.2) is 11.4 Å². The van der Waals surface area contributed by atoms with E-state index >= 15 is 0 Å². The second-order valence-corrected chi connectivity index (χ2v) is 6.41. The fourth-order valence-electron chi connectivity index (χ4n) is 1.43. The van der Waals surface area contributed by atoms with Crippen LogP contribution in [0.2, 0.25) is 5.02 Å². The number of hydrogen-bond donors (Lipinski definition) is 2. The minimum absolute atomic E-state index is 0.113. The normalized spacial score (nSPS) is 13.1. The third-order valence-electron chi connectivity index (χ3n) is 2.55. The topological polar surface area (TPSA) is 66.4 Å². The second-order valence-electron chi connectivity index (χ2n) is 5.09. The number of rotatable bonds is 4. The highest BCUT2D eigenvalue weighted by molar-refractivity contribution is 7.12. The predicted octanol–water partition coefficient (Wildman–Crippen LogP) is 3.02. The molecule has 0 bridgehead atoms. The highest BCUT2D eigenvalue weighted by Crippen LogP contribution is 2.25. The number of halogens is 1. The number of nitrogens with one attached hydrogen (secondary N) is 1. The first-order valence-corrected chi connectivity index (χ1v) is 6.73. The van der Waals surface area contributed by atoms with Gasteiger partial charge in [0.25, 0.3) is 5.91 Å². The number of hydrogen-bond acceptors (Lipinski definition) is 3. The summed E-state index contributed by atoms with van der Waals surface area (Å²) in [5.74, 6) is -1.26. The van der Waals surface area contributed by atoms with Gasteiger partial charge in [-0.2, -0.15) is 0 Å². The standard InChI is InChI=1S/C12H16ClNO3S/c1-12(2,3)8(6-9(15)16)14-11(17)10-7(13)4-5-18-10/h4-5,8H,6H2,1-3H3,(H,14,17)(H,15,16). The molecule has 0 aliphatic carbocycles. The Labute approximate surface area is 115 Å². The van der Waals surface area contributed by atoms with Crippen LogP contribution >= 0.6 is 22.9 Å². The second kappa shape index (κ2) is 5.71. The van der Waals surface area contributed by atoms with Crippen molar-refractivity contribution in [2.75, 3.05) is 0 Å². The summed E-state index contributed by atoms with van der Waals surface area (Å²) in [6.45, 7) is 5.66. The van der Waals surface area contributed by atoms with Gasteiger partial charge in [-0.1, -0.05) is 32.4 Å². The molecule has 0 aliphatic rings. The molecule has 2 N–H and O–H groups in total. The first-order chi connectivity index (χ1) is 8.21. The lowest BCUT2D eigenvalue weighted by Crippen LogP contribution is -2.44. The molecule has 1 atom stereocenters. The van der Waals surface area contributed by atoms with Crippen LogP contribution < -0.4 is 5.32 Å². The van der Waals surface area contributed by atoms with Gasteiger partial charge in [0, 0.05) is 6.04 Å². The minimum atomic E-state index is -0.937. The number of carboxylic acids is 1. The molecule has 4 nitrogen and oxygen atoms in total. The Balaban J connectivity index is 2.82. The molecule has 0 aromatic carbocycles. The highest BCUT2D eigenvalue weighted by atomic mass is 35.5. The van der Waals surface area contributed by atoms with Crippen molar-refractivity contribution in [1.82, 2.24) is 5.32 Å². The van der Waals surface area contributed by atoms with Crippen LogP contribution in [0, 0.1) is 5.41 Å². The average molecular weight is 290 g/mol. The van der Waals surface area contributed by atoms with Crippen LogP contribution in [0.1, 0.15) is 36.9 Å². The van der Waals surface area contributed by atoms with E-state index in [4.69, 9.17) is 16.7 Å². The maximum absolute atomic E-state index is 12.0. The summed E-state index contributed by atoms with van der Waals surface area (Å²) in [6, 6.07) is 1.20. The molecule has 0 aliphatic heterocycles. The van der Waals surface area contributed by atoms with E-state index in [-0.39, 0.29) is 17.7 Å². The van der Waals surface area contributed by atoms with Crippen LogP contribution in [0.5, 0.6) is 0 Å². The Kier molecular flexibility index (Phi) is 4.76. The van der Waals surface area contributed by atoms with Gasteiger partial charge >= 0.3 is 5.97 Å². The molecular formula is C12H16ClNO3S. The first kappa shape index (κ1) is 15.0. The molecule has 18 heavy (non-hydrogen) atoms. The van der Waals surface area contributed by atoms with E-state index in [1.54, 1.807) is 11.4 Å². The maximum Gasteiger partial charge on any atom is 0.305 e. The number of carbonyl (C=O) groups is 2. The lowest BCUT2D eigenvalue weighted by Gasteiger charge is -2.30. The van der Waals surface area contributed by atoms with Gasteiger partial charge < -0.3 is 10.4 Å². The van der Waals surface area contributed by atoms with Crippen LogP contribution in [0.4, 0.5) is 0 Å². The summed E-state index contributed by atoms with van der Waals surface area (Å²) in [4.78, 5) is 23.2. The zero-order chi connectivity index (χ0) is 13.9. The summed E-state index contributed by atoms with van der Waals surface area (Å²) < 4.78 is 0. The van der Waals surface area contributed by atoms with Gasteiger partial charge in [-0.15, -0.1) is 11.3 Å². The average Bonchev–Trinajstić information content (AvgIpc) is 2.61. The molecule has 0 radical (unpaired) electrons. The van der Waals surface area contributed by atoms with E-state index in [2.05, 4.69) is 5.32 Å². The minimum Gasteiger partial charge on any atom is -0.481 e. The molecule has 0 spiro atoms. The van der Waals surface area contributed by atoms with E-state index in [1.807, 2.05) is 20.8 Å².